The Balaban J connectivity index is 2.36. The summed E-state index contributed by atoms with van der Waals surface area (Å²) in [4.78, 5) is 10.9. The van der Waals surface area contributed by atoms with Crippen molar-refractivity contribution in [1.29, 1.82) is 0 Å². The third-order valence-corrected chi connectivity index (χ3v) is 4.97. The summed E-state index contributed by atoms with van der Waals surface area (Å²) in [7, 11) is -3.57. The van der Waals surface area contributed by atoms with Crippen LogP contribution < -0.4 is 0 Å². The molecule has 2 rings (SSSR count). The van der Waals surface area contributed by atoms with Crippen LogP contribution in [-0.2, 0) is 15.6 Å². The first-order chi connectivity index (χ1) is 9.79. The second-order valence-electron chi connectivity index (χ2n) is 4.69. The summed E-state index contributed by atoms with van der Waals surface area (Å²) in [5.41, 5.74) is 1.53. The Morgan fingerprint density at radius 1 is 1.19 bits per heavy atom. The number of carboxylic acid groups (broad SMARTS) is 1. The summed E-state index contributed by atoms with van der Waals surface area (Å²) in [6.07, 6.45) is 0. The Bertz CT molecular complexity index is 797. The van der Waals surface area contributed by atoms with Crippen molar-refractivity contribution in [3.63, 3.8) is 0 Å². The van der Waals surface area contributed by atoms with Gasteiger partial charge in [0.2, 0.25) is 0 Å². The fraction of sp³-hybridized carbons (Fsp3) is 0.133. The second kappa shape index (κ2) is 5.87. The molecule has 0 saturated carbocycles. The lowest BCUT2D eigenvalue weighted by Crippen LogP contribution is -2.06. The molecule has 6 heteroatoms. The van der Waals surface area contributed by atoms with Crippen molar-refractivity contribution in [3.8, 4) is 0 Å². The first-order valence-electron chi connectivity index (χ1n) is 6.11. The van der Waals surface area contributed by atoms with Crippen LogP contribution in [-0.4, -0.2) is 19.5 Å². The van der Waals surface area contributed by atoms with E-state index in [9.17, 15) is 13.2 Å². The van der Waals surface area contributed by atoms with Crippen LogP contribution >= 0.6 is 11.6 Å². The van der Waals surface area contributed by atoms with E-state index in [-0.39, 0.29) is 21.2 Å². The molecule has 0 amide bonds. The Kier molecular flexibility index (Phi) is 4.34. The Morgan fingerprint density at radius 2 is 1.90 bits per heavy atom. The lowest BCUT2D eigenvalue weighted by molar-refractivity contribution is 0.0697. The maximum atomic E-state index is 12.3. The van der Waals surface area contributed by atoms with E-state index < -0.39 is 15.8 Å². The van der Waals surface area contributed by atoms with E-state index in [1.807, 2.05) is 13.0 Å². The summed E-state index contributed by atoms with van der Waals surface area (Å²) in [5, 5.41) is 8.80. The molecular weight excluding hydrogens is 312 g/mol. The van der Waals surface area contributed by atoms with Crippen molar-refractivity contribution in [2.75, 3.05) is 0 Å². The van der Waals surface area contributed by atoms with Crippen LogP contribution in [0.1, 0.15) is 21.5 Å². The molecule has 0 aliphatic heterocycles. The zero-order valence-corrected chi connectivity index (χ0v) is 12.8. The molecule has 0 aliphatic rings. The number of aryl methyl sites for hydroxylation is 1. The SMILES string of the molecule is Cc1cccc(CS(=O)(=O)c2ccc(C(=O)O)c(Cl)c2)c1. The van der Waals surface area contributed by atoms with Crippen molar-refractivity contribution in [2.24, 2.45) is 0 Å². The van der Waals surface area contributed by atoms with Gasteiger partial charge in [-0.05, 0) is 30.7 Å². The third-order valence-electron chi connectivity index (χ3n) is 2.97. The van der Waals surface area contributed by atoms with Crippen molar-refractivity contribution in [1.82, 2.24) is 0 Å². The van der Waals surface area contributed by atoms with Crippen LogP contribution in [0.25, 0.3) is 0 Å². The third kappa shape index (κ3) is 3.62. The largest absolute Gasteiger partial charge is 0.478 e. The number of aromatic carboxylic acids is 1. The number of carboxylic acids is 1. The molecule has 0 bridgehead atoms. The lowest BCUT2D eigenvalue weighted by Gasteiger charge is -2.07. The fourth-order valence-electron chi connectivity index (χ4n) is 1.97. The minimum Gasteiger partial charge on any atom is -0.478 e. The van der Waals surface area contributed by atoms with E-state index >= 15 is 0 Å². The molecule has 0 aromatic heterocycles. The fourth-order valence-corrected chi connectivity index (χ4v) is 3.65. The molecule has 0 fully saturated rings. The number of benzene rings is 2. The van der Waals surface area contributed by atoms with Crippen molar-refractivity contribution in [2.45, 2.75) is 17.6 Å². The average Bonchev–Trinajstić information content (AvgIpc) is 2.37. The molecule has 0 spiro atoms. The van der Waals surface area contributed by atoms with Crippen LogP contribution in [0.2, 0.25) is 5.02 Å². The van der Waals surface area contributed by atoms with Gasteiger partial charge in [0.1, 0.15) is 0 Å². The number of hydrogen-bond acceptors (Lipinski definition) is 3. The van der Waals surface area contributed by atoms with Crippen LogP contribution in [0, 0.1) is 6.92 Å². The van der Waals surface area contributed by atoms with E-state index in [4.69, 9.17) is 16.7 Å². The van der Waals surface area contributed by atoms with Crippen molar-refractivity contribution in [3.05, 3.63) is 64.2 Å². The van der Waals surface area contributed by atoms with Crippen molar-refractivity contribution < 1.29 is 18.3 Å². The maximum Gasteiger partial charge on any atom is 0.337 e. The molecule has 21 heavy (non-hydrogen) atoms. The zero-order valence-electron chi connectivity index (χ0n) is 11.2. The normalized spacial score (nSPS) is 11.3. The highest BCUT2D eigenvalue weighted by Gasteiger charge is 2.18. The molecule has 0 radical (unpaired) electrons. The molecule has 1 N–H and O–H groups in total. The Morgan fingerprint density at radius 3 is 2.48 bits per heavy atom. The van der Waals surface area contributed by atoms with Gasteiger partial charge < -0.3 is 5.11 Å². The lowest BCUT2D eigenvalue weighted by atomic mass is 10.2. The molecule has 0 aliphatic carbocycles. The summed E-state index contributed by atoms with van der Waals surface area (Å²) in [6.45, 7) is 1.88. The van der Waals surface area contributed by atoms with Gasteiger partial charge >= 0.3 is 5.97 Å². The predicted octanol–water partition coefficient (Wildman–Crippen LogP) is 3.32. The van der Waals surface area contributed by atoms with E-state index in [0.29, 0.717) is 5.56 Å². The Labute approximate surface area is 127 Å². The molecule has 110 valence electrons. The molecule has 2 aromatic carbocycles. The van der Waals surface area contributed by atoms with Gasteiger partial charge in [-0.3, -0.25) is 0 Å². The quantitative estimate of drug-likeness (QED) is 0.936. The zero-order chi connectivity index (χ0) is 15.6. The molecule has 0 heterocycles. The standard InChI is InChI=1S/C15H13ClO4S/c1-10-3-2-4-11(7-10)9-21(19,20)12-5-6-13(15(17)18)14(16)8-12/h2-8H,9H2,1H3,(H,17,18). The van der Waals surface area contributed by atoms with Crippen LogP contribution in [0.4, 0.5) is 0 Å². The monoisotopic (exact) mass is 324 g/mol. The second-order valence-corrected chi connectivity index (χ2v) is 7.09. The first kappa shape index (κ1) is 15.5. The molecule has 0 saturated heterocycles. The van der Waals surface area contributed by atoms with E-state index in [1.54, 1.807) is 18.2 Å². The molecule has 0 unspecified atom stereocenters. The highest BCUT2D eigenvalue weighted by Crippen LogP contribution is 2.23. The van der Waals surface area contributed by atoms with Gasteiger partial charge in [-0.25, -0.2) is 13.2 Å². The summed E-state index contributed by atoms with van der Waals surface area (Å²) in [6, 6.07) is 10.8. The predicted molar refractivity (Wildman–Crippen MR) is 80.5 cm³/mol. The summed E-state index contributed by atoms with van der Waals surface area (Å²) >= 11 is 5.81. The van der Waals surface area contributed by atoms with Gasteiger partial charge in [-0.15, -0.1) is 0 Å². The number of sulfone groups is 1. The topological polar surface area (TPSA) is 71.4 Å². The van der Waals surface area contributed by atoms with Gasteiger partial charge in [-0.2, -0.15) is 0 Å². The number of hydrogen-bond donors (Lipinski definition) is 1. The maximum absolute atomic E-state index is 12.3. The average molecular weight is 325 g/mol. The first-order valence-corrected chi connectivity index (χ1v) is 8.14. The van der Waals surface area contributed by atoms with Gasteiger partial charge in [0, 0.05) is 0 Å². The Hall–Kier alpha value is -1.85. The number of rotatable bonds is 4. The minimum absolute atomic E-state index is 0.0130. The van der Waals surface area contributed by atoms with Gasteiger partial charge in [0.05, 0.1) is 21.2 Å². The van der Waals surface area contributed by atoms with Crippen LogP contribution in [0.15, 0.2) is 47.4 Å². The van der Waals surface area contributed by atoms with E-state index in [2.05, 4.69) is 0 Å². The minimum atomic E-state index is -3.57. The summed E-state index contributed by atoms with van der Waals surface area (Å²) < 4.78 is 24.7. The van der Waals surface area contributed by atoms with Gasteiger partial charge in [-0.1, -0.05) is 41.4 Å². The number of halogens is 1. The van der Waals surface area contributed by atoms with Gasteiger partial charge in [0.15, 0.2) is 9.84 Å². The molecule has 0 atom stereocenters. The van der Waals surface area contributed by atoms with E-state index in [1.165, 1.54) is 18.2 Å². The molecular formula is C15H13ClO4S. The van der Waals surface area contributed by atoms with Crippen LogP contribution in [0.3, 0.4) is 0 Å². The highest BCUT2D eigenvalue weighted by molar-refractivity contribution is 7.90. The van der Waals surface area contributed by atoms with E-state index in [0.717, 1.165) is 5.56 Å². The smallest absolute Gasteiger partial charge is 0.337 e. The number of carbonyl (C=O) groups is 1. The van der Waals surface area contributed by atoms with Gasteiger partial charge in [0.25, 0.3) is 0 Å². The molecule has 2 aromatic rings. The highest BCUT2D eigenvalue weighted by atomic mass is 35.5. The van der Waals surface area contributed by atoms with Crippen LogP contribution in [0.5, 0.6) is 0 Å². The van der Waals surface area contributed by atoms with Crippen molar-refractivity contribution >= 4 is 27.4 Å². The summed E-state index contributed by atoms with van der Waals surface area (Å²) in [5.74, 6) is -1.35. The molecule has 4 nitrogen and oxygen atoms in total.